The molecule has 0 rings (SSSR count). The van der Waals surface area contributed by atoms with Gasteiger partial charge in [0.05, 0.1) is 0 Å². The van der Waals surface area contributed by atoms with Gasteiger partial charge in [0, 0.05) is 0 Å². The van der Waals surface area contributed by atoms with Gasteiger partial charge in [-0.2, -0.15) is 0 Å². The second-order valence-electron chi connectivity index (χ2n) is 0.105. The van der Waals surface area contributed by atoms with Crippen LogP contribution in [-0.4, -0.2) is 61.3 Å². The zero-order chi connectivity index (χ0) is 2.71. The van der Waals surface area contributed by atoms with Crippen molar-refractivity contribution in [3.63, 3.8) is 0 Å². The molecule has 0 aliphatic rings. The largest absolute Gasteiger partial charge is 2.00 e. The standard InChI is InChI=1S/BHO2.Ba.Na.3H/c2-1-3;;;;;/h2H;;;;;/q;+2;+1;3*-1. The van der Waals surface area contributed by atoms with Crippen molar-refractivity contribution in [2.75, 3.05) is 0 Å². The SMILES string of the molecule is O=BO.[Ba+2].[H-].[H-].[H-].[Na+]. The Bertz CT molecular complexity index is 24.8. The molecule has 0 amide bonds. The van der Waals surface area contributed by atoms with Gasteiger partial charge in [-0.3, -0.25) is 0 Å². The Morgan fingerprint density at radius 2 is 1.80 bits per heavy atom. The van der Waals surface area contributed by atoms with Crippen LogP contribution in [0.25, 0.3) is 0 Å². The normalized spacial score (nSPS) is 1.60. The molecule has 1 N–H and O–H groups in total. The Hall–Kier alpha value is 2.24. The van der Waals surface area contributed by atoms with E-state index < -0.39 is 0 Å². The Morgan fingerprint density at radius 1 is 1.80 bits per heavy atom. The summed E-state index contributed by atoms with van der Waals surface area (Å²) in [5, 5.41) is 6.89. The molecule has 0 aromatic rings. The van der Waals surface area contributed by atoms with Crippen LogP contribution >= 0.6 is 0 Å². The van der Waals surface area contributed by atoms with Crippen LogP contribution in [0, 0.1) is 0 Å². The van der Waals surface area contributed by atoms with Crippen LogP contribution < -0.4 is 29.6 Å². The maximum atomic E-state index is 8.36. The van der Waals surface area contributed by atoms with Gasteiger partial charge in [0.2, 0.25) is 0 Å². The molecule has 0 aromatic heterocycles. The number of rotatable bonds is 0. The first-order valence-electron chi connectivity index (χ1n) is 0.494. The first-order valence-corrected chi connectivity index (χ1v) is 0.494. The molecule has 0 saturated carbocycles. The Balaban J connectivity index is -0.00000000200. The van der Waals surface area contributed by atoms with E-state index >= 15 is 0 Å². The minimum absolute atomic E-state index is 0. The molecule has 5 heavy (non-hydrogen) atoms. The predicted octanol–water partition coefficient (Wildman–Crippen LogP) is -4.10. The summed E-state index contributed by atoms with van der Waals surface area (Å²) in [7, 11) is -0.250. The molecule has 5 heteroatoms. The summed E-state index contributed by atoms with van der Waals surface area (Å²) in [4.78, 5) is 0. The third-order valence-corrected chi connectivity index (χ3v) is 0. The maximum Gasteiger partial charge on any atom is 2.00 e. The average molecular weight is 207 g/mol. The second-order valence-corrected chi connectivity index (χ2v) is 0.105. The molecule has 0 fully saturated rings. The Labute approximate surface area is 97.8 Å². The van der Waals surface area contributed by atoms with E-state index in [1.165, 1.54) is 0 Å². The summed E-state index contributed by atoms with van der Waals surface area (Å²) in [6.45, 7) is 0. The van der Waals surface area contributed by atoms with Crippen molar-refractivity contribution in [3.8, 4) is 0 Å². The molecule has 0 radical (unpaired) electrons. The number of hydrogen-bond donors (Lipinski definition) is 1. The van der Waals surface area contributed by atoms with E-state index in [0.29, 0.717) is 0 Å². The predicted molar refractivity (Wildman–Crippen MR) is 17.7 cm³/mol. The van der Waals surface area contributed by atoms with E-state index in [4.69, 9.17) is 9.73 Å². The van der Waals surface area contributed by atoms with E-state index in [1.54, 1.807) is 0 Å². The fraction of sp³-hybridized carbons (Fsp3) is 0. The molecule has 0 aromatic carbocycles. The molecule has 0 aliphatic heterocycles. The Morgan fingerprint density at radius 3 is 1.80 bits per heavy atom. The first-order chi connectivity index (χ1) is 1.41. The molecule has 0 atom stereocenters. The van der Waals surface area contributed by atoms with E-state index in [2.05, 4.69) is 0 Å². The Kier molecular flexibility index (Phi) is 51.2. The molecular weight excluding hydrogens is 203 g/mol. The van der Waals surface area contributed by atoms with Gasteiger partial charge in [0.1, 0.15) is 0 Å². The van der Waals surface area contributed by atoms with Crippen molar-refractivity contribution in [1.82, 2.24) is 0 Å². The van der Waals surface area contributed by atoms with Crippen LogP contribution in [0.15, 0.2) is 0 Å². The quantitative estimate of drug-likeness (QED) is 0.410. The van der Waals surface area contributed by atoms with Gasteiger partial charge in [0.25, 0.3) is 0 Å². The maximum absolute atomic E-state index is 8.36. The summed E-state index contributed by atoms with van der Waals surface area (Å²) in [6, 6.07) is 0. The van der Waals surface area contributed by atoms with Crippen molar-refractivity contribution in [2.24, 2.45) is 0 Å². The summed E-state index contributed by atoms with van der Waals surface area (Å²) < 4.78 is 8.36. The minimum Gasteiger partial charge on any atom is -1.00 e. The summed E-state index contributed by atoms with van der Waals surface area (Å²) in [6.07, 6.45) is 0. The molecule has 0 heterocycles. The molecular formula is H4BBaNaO2. The van der Waals surface area contributed by atoms with E-state index in [9.17, 15) is 0 Å². The molecule has 2 nitrogen and oxygen atoms in total. The van der Waals surface area contributed by atoms with Gasteiger partial charge in [-0.05, 0) is 0 Å². The van der Waals surface area contributed by atoms with Crippen molar-refractivity contribution in [1.29, 1.82) is 0 Å². The summed E-state index contributed by atoms with van der Waals surface area (Å²) in [5.41, 5.74) is 0. The van der Waals surface area contributed by atoms with Crippen LogP contribution in [0.2, 0.25) is 0 Å². The topological polar surface area (TPSA) is 37.3 Å². The molecule has 0 spiro atoms. The van der Waals surface area contributed by atoms with Crippen LogP contribution in [-0.2, 0) is 4.70 Å². The van der Waals surface area contributed by atoms with Gasteiger partial charge in [-0.25, -0.2) is 0 Å². The van der Waals surface area contributed by atoms with Gasteiger partial charge < -0.3 is 4.28 Å². The third-order valence-electron chi connectivity index (χ3n) is 0. The van der Waals surface area contributed by atoms with Crippen LogP contribution in [0.5, 0.6) is 0 Å². The van der Waals surface area contributed by atoms with Crippen molar-refractivity contribution in [2.45, 2.75) is 0 Å². The average Bonchev–Trinajstić information content (AvgIpc) is 0.918. The third kappa shape index (κ3) is 22.4. The smallest absolute Gasteiger partial charge is 1.00 e. The van der Waals surface area contributed by atoms with Crippen molar-refractivity contribution in [3.05, 3.63) is 0 Å². The minimum atomic E-state index is -0.250. The van der Waals surface area contributed by atoms with Gasteiger partial charge in [-0.1, -0.05) is 0 Å². The molecule has 0 aliphatic carbocycles. The molecule has 0 bridgehead atoms. The zero-order valence-electron chi connectivity index (χ0n) is 6.14. The zero-order valence-corrected chi connectivity index (χ0v) is 9.58. The van der Waals surface area contributed by atoms with E-state index in [0.717, 1.165) is 0 Å². The first kappa shape index (κ1) is 15.7. The van der Waals surface area contributed by atoms with E-state index in [1.807, 2.05) is 0 Å². The van der Waals surface area contributed by atoms with Gasteiger partial charge >= 0.3 is 95.5 Å². The molecule has 0 saturated heterocycles. The fourth-order valence-electron chi connectivity index (χ4n) is 0. The van der Waals surface area contributed by atoms with E-state index in [-0.39, 0.29) is 90.1 Å². The van der Waals surface area contributed by atoms with Crippen LogP contribution in [0.1, 0.15) is 4.28 Å². The summed E-state index contributed by atoms with van der Waals surface area (Å²) >= 11 is 0. The fourth-order valence-corrected chi connectivity index (χ4v) is 0. The van der Waals surface area contributed by atoms with Crippen LogP contribution in [0.3, 0.4) is 0 Å². The van der Waals surface area contributed by atoms with Crippen LogP contribution in [0.4, 0.5) is 0 Å². The monoisotopic (exact) mass is 208 g/mol. The molecule has 22 valence electrons. The van der Waals surface area contributed by atoms with Gasteiger partial charge in [0.15, 0.2) is 0 Å². The van der Waals surface area contributed by atoms with Crippen molar-refractivity contribution >= 4 is 56.2 Å². The van der Waals surface area contributed by atoms with Gasteiger partial charge in [-0.15, -0.1) is 0 Å². The van der Waals surface area contributed by atoms with Crippen molar-refractivity contribution < 1.29 is 43.6 Å². The second kappa shape index (κ2) is 16.3. The summed E-state index contributed by atoms with van der Waals surface area (Å²) in [5.74, 6) is 0. The molecule has 0 unspecified atom stereocenters. The number of hydrogen-bond acceptors (Lipinski definition) is 1.